The molecule has 0 saturated carbocycles. The lowest BCUT2D eigenvalue weighted by atomic mass is 10.0. The number of benzene rings is 2. The molecule has 5 nitrogen and oxygen atoms in total. The van der Waals surface area contributed by atoms with E-state index < -0.39 is 5.97 Å². The van der Waals surface area contributed by atoms with Gasteiger partial charge in [-0.2, -0.15) is 0 Å². The van der Waals surface area contributed by atoms with Crippen molar-refractivity contribution >= 4 is 28.9 Å². The van der Waals surface area contributed by atoms with Crippen LogP contribution in [0.2, 0.25) is 0 Å². The summed E-state index contributed by atoms with van der Waals surface area (Å²) in [7, 11) is 0. The minimum atomic E-state index is -0.456. The number of anilines is 1. The van der Waals surface area contributed by atoms with Crippen LogP contribution in [0.15, 0.2) is 53.9 Å². The van der Waals surface area contributed by atoms with Crippen LogP contribution in [0, 0.1) is 0 Å². The van der Waals surface area contributed by atoms with Crippen LogP contribution in [0.4, 0.5) is 5.69 Å². The van der Waals surface area contributed by atoms with Crippen molar-refractivity contribution in [3.05, 3.63) is 70.7 Å². The molecule has 0 atom stereocenters. The normalized spacial score (nSPS) is 10.7. The Morgan fingerprint density at radius 3 is 2.57 bits per heavy atom. The molecule has 28 heavy (non-hydrogen) atoms. The van der Waals surface area contributed by atoms with Gasteiger partial charge in [-0.25, -0.2) is 9.78 Å². The molecule has 0 bridgehead atoms. The number of hydrogen-bond acceptors (Lipinski definition) is 5. The molecule has 2 aromatic carbocycles. The number of nitrogens with one attached hydrogen (secondary N) is 1. The van der Waals surface area contributed by atoms with Gasteiger partial charge in [-0.3, -0.25) is 4.79 Å². The second-order valence-electron chi connectivity index (χ2n) is 6.76. The number of rotatable bonds is 6. The summed E-state index contributed by atoms with van der Waals surface area (Å²) in [6.45, 7) is 5.85. The van der Waals surface area contributed by atoms with Crippen LogP contribution in [0.25, 0.3) is 10.6 Å². The highest BCUT2D eigenvalue weighted by Gasteiger charge is 2.11. The summed E-state index contributed by atoms with van der Waals surface area (Å²) in [6.07, 6.45) is 0. The van der Waals surface area contributed by atoms with Gasteiger partial charge in [0, 0.05) is 23.6 Å². The zero-order chi connectivity index (χ0) is 20.1. The van der Waals surface area contributed by atoms with E-state index in [0.717, 1.165) is 10.6 Å². The summed E-state index contributed by atoms with van der Waals surface area (Å²) in [4.78, 5) is 28.0. The third kappa shape index (κ3) is 5.04. The number of carbonyl (C=O) groups is 2. The number of nitrogens with zero attached hydrogens (tertiary/aromatic N) is 1. The molecular formula is C22H22N2O3S. The van der Waals surface area contributed by atoms with E-state index in [-0.39, 0.29) is 12.5 Å². The quantitative estimate of drug-likeness (QED) is 0.580. The minimum absolute atomic E-state index is 0.101. The molecule has 1 heterocycles. The molecule has 0 aliphatic carbocycles. The van der Waals surface area contributed by atoms with E-state index in [1.165, 1.54) is 23.8 Å². The Balaban J connectivity index is 1.62. The minimum Gasteiger partial charge on any atom is -0.456 e. The SMILES string of the molecule is CC(=O)Nc1cccc(C(=O)OCc2csc(-c3ccc(C(C)C)cc3)n2)c1. The van der Waals surface area contributed by atoms with Crippen molar-refractivity contribution in [2.75, 3.05) is 5.32 Å². The van der Waals surface area contributed by atoms with Gasteiger partial charge in [-0.1, -0.05) is 44.2 Å². The molecule has 1 amide bonds. The average molecular weight is 394 g/mol. The maximum absolute atomic E-state index is 12.3. The molecule has 0 fully saturated rings. The van der Waals surface area contributed by atoms with Crippen LogP contribution in [-0.2, 0) is 16.1 Å². The Morgan fingerprint density at radius 1 is 1.14 bits per heavy atom. The Morgan fingerprint density at radius 2 is 1.89 bits per heavy atom. The maximum atomic E-state index is 12.3. The topological polar surface area (TPSA) is 68.3 Å². The molecule has 0 unspecified atom stereocenters. The molecule has 0 spiro atoms. The predicted octanol–water partition coefficient (Wildman–Crippen LogP) is 5.25. The summed E-state index contributed by atoms with van der Waals surface area (Å²) in [6, 6.07) is 15.0. The van der Waals surface area contributed by atoms with E-state index >= 15 is 0 Å². The maximum Gasteiger partial charge on any atom is 0.338 e. The van der Waals surface area contributed by atoms with Crippen molar-refractivity contribution in [3.8, 4) is 10.6 Å². The number of esters is 1. The van der Waals surface area contributed by atoms with Gasteiger partial charge in [0.15, 0.2) is 0 Å². The third-order valence-corrected chi connectivity index (χ3v) is 5.09. The highest BCUT2D eigenvalue weighted by Crippen LogP contribution is 2.26. The van der Waals surface area contributed by atoms with Gasteiger partial charge in [-0.05, 0) is 29.7 Å². The van der Waals surface area contributed by atoms with Crippen LogP contribution in [0.5, 0.6) is 0 Å². The average Bonchev–Trinajstić information content (AvgIpc) is 3.15. The van der Waals surface area contributed by atoms with E-state index in [1.54, 1.807) is 24.3 Å². The summed E-state index contributed by atoms with van der Waals surface area (Å²) in [5, 5.41) is 5.44. The van der Waals surface area contributed by atoms with Gasteiger partial charge in [0.25, 0.3) is 0 Å². The summed E-state index contributed by atoms with van der Waals surface area (Å²) < 4.78 is 5.37. The zero-order valence-corrected chi connectivity index (χ0v) is 16.9. The number of thiazole rings is 1. The molecule has 0 radical (unpaired) electrons. The van der Waals surface area contributed by atoms with E-state index in [2.05, 4.69) is 48.4 Å². The molecule has 3 aromatic rings. The molecular weight excluding hydrogens is 372 g/mol. The largest absolute Gasteiger partial charge is 0.456 e. The van der Waals surface area contributed by atoms with Crippen LogP contribution < -0.4 is 5.32 Å². The van der Waals surface area contributed by atoms with Crippen molar-refractivity contribution in [2.24, 2.45) is 0 Å². The molecule has 0 saturated heterocycles. The second kappa shape index (κ2) is 8.80. The van der Waals surface area contributed by atoms with E-state index in [0.29, 0.717) is 22.9 Å². The lowest BCUT2D eigenvalue weighted by Crippen LogP contribution is -2.09. The molecule has 0 aliphatic rings. The first-order valence-electron chi connectivity index (χ1n) is 9.02. The Labute approximate surface area is 168 Å². The standard InChI is InChI=1S/C22H22N2O3S/c1-14(2)16-7-9-17(10-8-16)21-24-20(13-28-21)12-27-22(26)18-5-4-6-19(11-18)23-15(3)25/h4-11,13-14H,12H2,1-3H3,(H,23,25). The molecule has 144 valence electrons. The number of carbonyl (C=O) groups excluding carboxylic acids is 2. The van der Waals surface area contributed by atoms with E-state index in [4.69, 9.17) is 4.74 Å². The number of amides is 1. The van der Waals surface area contributed by atoms with Crippen molar-refractivity contribution in [2.45, 2.75) is 33.3 Å². The van der Waals surface area contributed by atoms with Gasteiger partial charge in [0.2, 0.25) is 5.91 Å². The third-order valence-electron chi connectivity index (χ3n) is 4.15. The number of aromatic nitrogens is 1. The first-order chi connectivity index (χ1) is 13.4. The van der Waals surface area contributed by atoms with Crippen molar-refractivity contribution in [1.82, 2.24) is 4.98 Å². The molecule has 3 rings (SSSR count). The zero-order valence-electron chi connectivity index (χ0n) is 16.1. The van der Waals surface area contributed by atoms with Gasteiger partial charge in [-0.15, -0.1) is 11.3 Å². The molecule has 1 aromatic heterocycles. The van der Waals surface area contributed by atoms with Crippen LogP contribution in [0.3, 0.4) is 0 Å². The molecule has 0 aliphatic heterocycles. The number of hydrogen-bond donors (Lipinski definition) is 1. The second-order valence-corrected chi connectivity index (χ2v) is 7.62. The predicted molar refractivity (Wildman–Crippen MR) is 112 cm³/mol. The van der Waals surface area contributed by atoms with Crippen molar-refractivity contribution in [1.29, 1.82) is 0 Å². The Bertz CT molecular complexity index is 977. The van der Waals surface area contributed by atoms with Crippen LogP contribution in [0.1, 0.15) is 48.3 Å². The number of ether oxygens (including phenoxy) is 1. The van der Waals surface area contributed by atoms with E-state index in [9.17, 15) is 9.59 Å². The van der Waals surface area contributed by atoms with Gasteiger partial charge in [0.1, 0.15) is 11.6 Å². The van der Waals surface area contributed by atoms with Crippen molar-refractivity contribution < 1.29 is 14.3 Å². The fraction of sp³-hybridized carbons (Fsp3) is 0.227. The molecule has 1 N–H and O–H groups in total. The Kier molecular flexibility index (Phi) is 6.21. The first-order valence-corrected chi connectivity index (χ1v) is 9.90. The lowest BCUT2D eigenvalue weighted by molar-refractivity contribution is -0.114. The summed E-state index contributed by atoms with van der Waals surface area (Å²) in [5.41, 5.74) is 3.99. The summed E-state index contributed by atoms with van der Waals surface area (Å²) >= 11 is 1.52. The Hall–Kier alpha value is -2.99. The fourth-order valence-corrected chi connectivity index (χ4v) is 3.48. The van der Waals surface area contributed by atoms with Crippen molar-refractivity contribution in [3.63, 3.8) is 0 Å². The van der Waals surface area contributed by atoms with Gasteiger partial charge in [0.05, 0.1) is 11.3 Å². The fourth-order valence-electron chi connectivity index (χ4n) is 2.67. The highest BCUT2D eigenvalue weighted by atomic mass is 32.1. The van der Waals surface area contributed by atoms with Crippen LogP contribution in [-0.4, -0.2) is 16.9 Å². The van der Waals surface area contributed by atoms with Gasteiger partial charge < -0.3 is 10.1 Å². The van der Waals surface area contributed by atoms with Gasteiger partial charge >= 0.3 is 5.97 Å². The van der Waals surface area contributed by atoms with Crippen LogP contribution >= 0.6 is 11.3 Å². The highest BCUT2D eigenvalue weighted by molar-refractivity contribution is 7.13. The van der Waals surface area contributed by atoms with E-state index in [1.807, 2.05) is 5.38 Å². The lowest BCUT2D eigenvalue weighted by Gasteiger charge is -2.06. The summed E-state index contributed by atoms with van der Waals surface area (Å²) in [5.74, 6) is -0.158. The first kappa shape index (κ1) is 19.8. The smallest absolute Gasteiger partial charge is 0.338 e. The monoisotopic (exact) mass is 394 g/mol. The molecule has 6 heteroatoms.